The van der Waals surface area contributed by atoms with Gasteiger partial charge < -0.3 is 28.4 Å². The molecule has 1 unspecified atom stereocenters. The van der Waals surface area contributed by atoms with Crippen molar-refractivity contribution in [2.45, 2.75) is 90.0 Å². The Kier molecular flexibility index (Phi) is 9.20. The van der Waals surface area contributed by atoms with Gasteiger partial charge in [-0.3, -0.25) is 19.2 Å². The van der Waals surface area contributed by atoms with Crippen molar-refractivity contribution in [2.24, 2.45) is 23.7 Å². The molecule has 1 saturated heterocycles. The second kappa shape index (κ2) is 12.6. The molecular formula is C32H39ClO10. The fourth-order valence-corrected chi connectivity index (χ4v) is 7.97. The normalized spacial score (nSPS) is 34.3. The number of rotatable bonds is 8. The lowest BCUT2D eigenvalue weighted by atomic mass is 9.54. The van der Waals surface area contributed by atoms with Crippen molar-refractivity contribution in [3.05, 3.63) is 39.9 Å². The summed E-state index contributed by atoms with van der Waals surface area (Å²) in [4.78, 5) is 48.7. The van der Waals surface area contributed by atoms with Gasteiger partial charge in [0.1, 0.15) is 12.7 Å². The summed E-state index contributed by atoms with van der Waals surface area (Å²) in [6.07, 6.45) is 3.08. The van der Waals surface area contributed by atoms with E-state index in [9.17, 15) is 19.2 Å². The Labute approximate surface area is 256 Å². The molecule has 0 radical (unpaired) electrons. The van der Waals surface area contributed by atoms with E-state index < -0.39 is 54.1 Å². The lowest BCUT2D eigenvalue weighted by Gasteiger charge is -2.51. The number of methoxy groups -OCH3 is 1. The Hall–Kier alpha value is -2.95. The molecular weight excluding hydrogens is 580 g/mol. The first-order chi connectivity index (χ1) is 20.4. The predicted octanol–water partition coefficient (Wildman–Crippen LogP) is 4.74. The lowest BCUT2D eigenvalue weighted by Crippen LogP contribution is -2.67. The summed E-state index contributed by atoms with van der Waals surface area (Å²) in [5, 5.41) is 0.530. The fourth-order valence-electron chi connectivity index (χ4n) is 7.80. The SMILES string of the molecule is COC1(c2ccc(Cl)c(C=C3C4CC5CC(C4)CC3C5)c2)O[C@H](COC(C)=O)[C@@H](OC(C)=O)[C@H](OC(C)=O)[C@H]1OC(C)=O. The molecule has 5 aliphatic rings. The lowest BCUT2D eigenvalue weighted by molar-refractivity contribution is -0.367. The van der Waals surface area contributed by atoms with E-state index in [1.807, 2.05) is 6.07 Å². The van der Waals surface area contributed by atoms with Crippen LogP contribution < -0.4 is 0 Å². The van der Waals surface area contributed by atoms with Crippen LogP contribution in [-0.2, 0) is 53.4 Å². The molecule has 43 heavy (non-hydrogen) atoms. The van der Waals surface area contributed by atoms with Crippen LogP contribution in [0, 0.1) is 23.7 Å². The van der Waals surface area contributed by atoms with Crippen LogP contribution >= 0.6 is 11.6 Å². The molecule has 1 heterocycles. The molecule has 10 nitrogen and oxygen atoms in total. The minimum atomic E-state index is -1.87. The van der Waals surface area contributed by atoms with E-state index in [4.69, 9.17) is 40.0 Å². The van der Waals surface area contributed by atoms with Crippen LogP contribution in [0.1, 0.15) is 70.9 Å². The highest BCUT2D eigenvalue weighted by atomic mass is 35.5. The van der Waals surface area contributed by atoms with Crippen molar-refractivity contribution in [3.63, 3.8) is 0 Å². The zero-order valence-electron chi connectivity index (χ0n) is 25.1. The predicted molar refractivity (Wildman–Crippen MR) is 153 cm³/mol. The molecule has 5 atom stereocenters. The van der Waals surface area contributed by atoms with E-state index in [2.05, 4.69) is 6.08 Å². The van der Waals surface area contributed by atoms with Crippen molar-refractivity contribution in [3.8, 4) is 0 Å². The molecule has 1 aliphatic heterocycles. The maximum Gasteiger partial charge on any atom is 0.303 e. The molecule has 4 saturated carbocycles. The first kappa shape index (κ1) is 31.5. The molecule has 234 valence electrons. The van der Waals surface area contributed by atoms with Crippen LogP contribution in [0.3, 0.4) is 0 Å². The quantitative estimate of drug-likeness (QED) is 0.298. The minimum absolute atomic E-state index is 0.362. The fraction of sp³-hybridized carbons (Fsp3) is 0.625. The van der Waals surface area contributed by atoms with Crippen LogP contribution in [-0.4, -0.2) is 62.0 Å². The maximum absolute atomic E-state index is 12.4. The number of carbonyl (C=O) groups is 4. The number of carbonyl (C=O) groups excluding carboxylic acids is 4. The molecule has 4 bridgehead atoms. The van der Waals surface area contributed by atoms with E-state index in [0.717, 1.165) is 17.4 Å². The molecule has 4 aliphatic carbocycles. The van der Waals surface area contributed by atoms with Crippen LogP contribution in [0.15, 0.2) is 23.8 Å². The highest BCUT2D eigenvalue weighted by Crippen LogP contribution is 2.57. The Balaban J connectivity index is 1.61. The summed E-state index contributed by atoms with van der Waals surface area (Å²) in [6, 6.07) is 5.22. The number of halogens is 1. The number of hydrogen-bond donors (Lipinski definition) is 0. The van der Waals surface area contributed by atoms with Gasteiger partial charge in [-0.1, -0.05) is 29.3 Å². The summed E-state index contributed by atoms with van der Waals surface area (Å²) < 4.78 is 34.6. The summed E-state index contributed by atoms with van der Waals surface area (Å²) in [7, 11) is 1.36. The number of benzene rings is 1. The second-order valence-electron chi connectivity index (χ2n) is 12.2. The monoisotopic (exact) mass is 618 g/mol. The Bertz CT molecular complexity index is 1280. The van der Waals surface area contributed by atoms with Crippen molar-refractivity contribution in [1.29, 1.82) is 0 Å². The third-order valence-electron chi connectivity index (χ3n) is 9.14. The standard InChI is InChI=1S/C32H39ClO10/c1-16(34)39-15-28-29(40-17(2)35)30(41-18(3)36)31(42-19(4)37)32(38-5,43-28)25-6-7-27(33)24(13-25)14-26-22-9-20-8-21(11-22)12-23(26)10-20/h6-7,13-14,20-23,28-31H,8-12,15H2,1-5H3/t20?,21?,22?,23?,28-,29-,30+,31-,32?/m1/s1. The van der Waals surface area contributed by atoms with Gasteiger partial charge in [-0.25, -0.2) is 0 Å². The number of esters is 4. The maximum atomic E-state index is 12.4. The van der Waals surface area contributed by atoms with Gasteiger partial charge in [-0.15, -0.1) is 0 Å². The highest BCUT2D eigenvalue weighted by Gasteiger charge is 2.61. The zero-order valence-corrected chi connectivity index (χ0v) is 25.9. The second-order valence-corrected chi connectivity index (χ2v) is 12.6. The van der Waals surface area contributed by atoms with Crippen molar-refractivity contribution in [1.82, 2.24) is 0 Å². The number of hydrogen-bond acceptors (Lipinski definition) is 10. The summed E-state index contributed by atoms with van der Waals surface area (Å²) >= 11 is 6.75. The van der Waals surface area contributed by atoms with Gasteiger partial charge in [0.2, 0.25) is 11.9 Å². The van der Waals surface area contributed by atoms with E-state index in [1.165, 1.54) is 72.5 Å². The zero-order chi connectivity index (χ0) is 31.1. The molecule has 0 amide bonds. The van der Waals surface area contributed by atoms with Crippen molar-refractivity contribution < 1.29 is 47.6 Å². The first-order valence-corrected chi connectivity index (χ1v) is 15.2. The average molecular weight is 619 g/mol. The summed E-state index contributed by atoms with van der Waals surface area (Å²) in [5.41, 5.74) is 2.60. The largest absolute Gasteiger partial charge is 0.463 e. The van der Waals surface area contributed by atoms with Crippen LogP contribution in [0.4, 0.5) is 0 Å². The number of ether oxygens (including phenoxy) is 6. The topological polar surface area (TPSA) is 124 Å². The Morgan fingerprint density at radius 1 is 0.860 bits per heavy atom. The smallest absolute Gasteiger partial charge is 0.303 e. The molecule has 0 aromatic heterocycles. The van der Waals surface area contributed by atoms with Gasteiger partial charge in [-0.05, 0) is 73.5 Å². The van der Waals surface area contributed by atoms with E-state index in [-0.39, 0.29) is 6.61 Å². The van der Waals surface area contributed by atoms with Gasteiger partial charge in [0.05, 0.1) is 0 Å². The van der Waals surface area contributed by atoms with Crippen molar-refractivity contribution in [2.75, 3.05) is 13.7 Å². The average Bonchev–Trinajstić information content (AvgIpc) is 2.92. The Morgan fingerprint density at radius 3 is 1.98 bits per heavy atom. The third-order valence-corrected chi connectivity index (χ3v) is 9.49. The first-order valence-electron chi connectivity index (χ1n) is 14.8. The molecule has 0 N–H and O–H groups in total. The van der Waals surface area contributed by atoms with Crippen LogP contribution in [0.25, 0.3) is 6.08 Å². The molecule has 0 spiro atoms. The molecule has 1 aromatic carbocycles. The highest BCUT2D eigenvalue weighted by molar-refractivity contribution is 6.32. The summed E-state index contributed by atoms with van der Waals surface area (Å²) in [6.45, 7) is 4.41. The minimum Gasteiger partial charge on any atom is -0.463 e. The van der Waals surface area contributed by atoms with Gasteiger partial charge in [-0.2, -0.15) is 0 Å². The van der Waals surface area contributed by atoms with E-state index in [1.54, 1.807) is 12.1 Å². The number of allylic oxidation sites excluding steroid dienone is 1. The molecule has 5 fully saturated rings. The molecule has 1 aromatic rings. The van der Waals surface area contributed by atoms with Gasteiger partial charge in [0, 0.05) is 45.4 Å². The van der Waals surface area contributed by atoms with Crippen molar-refractivity contribution >= 4 is 41.6 Å². The van der Waals surface area contributed by atoms with Gasteiger partial charge >= 0.3 is 23.9 Å². The molecule has 11 heteroatoms. The van der Waals surface area contributed by atoms with Crippen LogP contribution in [0.2, 0.25) is 5.02 Å². The third kappa shape index (κ3) is 6.47. The van der Waals surface area contributed by atoms with E-state index >= 15 is 0 Å². The van der Waals surface area contributed by atoms with Gasteiger partial charge in [0.15, 0.2) is 12.2 Å². The summed E-state index contributed by atoms with van der Waals surface area (Å²) in [5.74, 6) is -1.92. The molecule has 6 rings (SSSR count). The van der Waals surface area contributed by atoms with Gasteiger partial charge in [0.25, 0.3) is 0 Å². The Morgan fingerprint density at radius 2 is 1.44 bits per heavy atom. The van der Waals surface area contributed by atoms with E-state index in [0.29, 0.717) is 22.4 Å². The van der Waals surface area contributed by atoms with Crippen LogP contribution in [0.5, 0.6) is 0 Å².